The largest absolute Gasteiger partial charge is 0.514 e. The quantitative estimate of drug-likeness (QED) is 0.546. The number of rotatable bonds is 2. The average Bonchev–Trinajstić information content (AvgIpc) is 3.08. The van der Waals surface area contributed by atoms with Gasteiger partial charge < -0.3 is 9.31 Å². The van der Waals surface area contributed by atoms with Crippen molar-refractivity contribution in [2.24, 2.45) is 0 Å². The summed E-state index contributed by atoms with van der Waals surface area (Å²) < 4.78 is 12.3. The van der Waals surface area contributed by atoms with Crippen molar-refractivity contribution in [3.05, 3.63) is 71.9 Å². The molecule has 0 bridgehead atoms. The summed E-state index contributed by atoms with van der Waals surface area (Å²) in [5.41, 5.74) is 7.82. The van der Waals surface area contributed by atoms with Gasteiger partial charge in [0.15, 0.2) is 0 Å². The van der Waals surface area contributed by atoms with E-state index in [1.807, 2.05) is 12.3 Å². The maximum Gasteiger partial charge on any atom is 0.514 e. The number of benzene rings is 2. The minimum absolute atomic E-state index is 0.00199. The number of fused-ring (bicyclic) bond motifs is 3. The van der Waals surface area contributed by atoms with E-state index in [-0.39, 0.29) is 16.6 Å². The lowest BCUT2D eigenvalue weighted by molar-refractivity contribution is 0.00578. The van der Waals surface area contributed by atoms with Gasteiger partial charge in [-0.25, -0.2) is 0 Å². The summed E-state index contributed by atoms with van der Waals surface area (Å²) in [6.07, 6.45) is 1.93. The Morgan fingerprint density at radius 1 is 0.700 bits per heavy atom. The highest BCUT2D eigenvalue weighted by Gasteiger charge is 2.52. The first-order chi connectivity index (χ1) is 14.1. The lowest BCUT2D eigenvalue weighted by Gasteiger charge is -2.32. The van der Waals surface area contributed by atoms with Gasteiger partial charge in [0.2, 0.25) is 0 Å². The molecule has 4 heteroatoms. The summed E-state index contributed by atoms with van der Waals surface area (Å²) in [5, 5.41) is 0. The van der Waals surface area contributed by atoms with Gasteiger partial charge in [0.25, 0.3) is 0 Å². The van der Waals surface area contributed by atoms with Gasteiger partial charge in [0.1, 0.15) is 0 Å². The zero-order valence-electron chi connectivity index (χ0n) is 18.6. The Labute approximate surface area is 179 Å². The second kappa shape index (κ2) is 6.29. The van der Waals surface area contributed by atoms with Crippen molar-refractivity contribution >= 4 is 12.7 Å². The molecule has 0 spiro atoms. The predicted molar refractivity (Wildman–Crippen MR) is 123 cm³/mol. The predicted octanol–water partition coefficient (Wildman–Crippen LogP) is 5.35. The lowest BCUT2D eigenvalue weighted by atomic mass is 9.81. The molecule has 0 atom stereocenters. The van der Waals surface area contributed by atoms with Crippen molar-refractivity contribution in [2.45, 2.75) is 58.2 Å². The van der Waals surface area contributed by atoms with Crippen molar-refractivity contribution in [1.29, 1.82) is 0 Å². The molecule has 3 nitrogen and oxygen atoms in total. The first kappa shape index (κ1) is 19.5. The third kappa shape index (κ3) is 2.78. The molecular formula is C26H28BNO2. The summed E-state index contributed by atoms with van der Waals surface area (Å²) >= 11 is 0. The Balaban J connectivity index is 1.47. The lowest BCUT2D eigenvalue weighted by Crippen LogP contribution is -2.41. The van der Waals surface area contributed by atoms with Crippen LogP contribution >= 0.6 is 0 Å². The Morgan fingerprint density at radius 2 is 1.33 bits per heavy atom. The maximum absolute atomic E-state index is 6.13. The molecule has 0 unspecified atom stereocenters. The molecule has 2 heterocycles. The zero-order chi connectivity index (χ0) is 21.3. The molecule has 0 saturated carbocycles. The highest BCUT2D eigenvalue weighted by atomic mass is 16.7. The standard InChI is InChI=1S/C26H28BNO2/c1-24(2)21-10-8-7-9-19(21)20-13-11-17(15-22(20)24)18-12-14-23(28-16-18)27-29-25(3,4)26(5,6)30-27/h7-16H,1-6H3. The maximum atomic E-state index is 6.13. The van der Waals surface area contributed by atoms with Crippen LogP contribution in [0.2, 0.25) is 0 Å². The third-order valence-corrected chi connectivity index (χ3v) is 7.20. The second-order valence-electron chi connectivity index (χ2n) is 9.99. The fourth-order valence-electron chi connectivity index (χ4n) is 4.56. The number of hydrogen-bond donors (Lipinski definition) is 0. The van der Waals surface area contributed by atoms with Gasteiger partial charge in [0, 0.05) is 11.6 Å². The molecule has 30 heavy (non-hydrogen) atoms. The van der Waals surface area contributed by atoms with Crippen LogP contribution in [0.4, 0.5) is 0 Å². The number of nitrogens with zero attached hydrogens (tertiary/aromatic N) is 1. The van der Waals surface area contributed by atoms with Gasteiger partial charge in [-0.15, -0.1) is 0 Å². The minimum atomic E-state index is -0.433. The summed E-state index contributed by atoms with van der Waals surface area (Å²) in [6, 6.07) is 19.6. The highest BCUT2D eigenvalue weighted by molar-refractivity contribution is 6.61. The number of aromatic nitrogens is 1. The molecule has 1 aliphatic heterocycles. The van der Waals surface area contributed by atoms with E-state index in [1.54, 1.807) is 0 Å². The SMILES string of the molecule is CC1(C)c2ccccc2-c2ccc(-c3ccc(B4OC(C)(C)C(C)(C)O4)nc3)cc21. The molecule has 1 aromatic heterocycles. The molecular weight excluding hydrogens is 369 g/mol. The van der Waals surface area contributed by atoms with E-state index in [4.69, 9.17) is 9.31 Å². The monoisotopic (exact) mass is 397 g/mol. The van der Waals surface area contributed by atoms with Crippen LogP contribution in [0.3, 0.4) is 0 Å². The Kier molecular flexibility index (Phi) is 4.09. The molecule has 2 aliphatic rings. The molecule has 152 valence electrons. The third-order valence-electron chi connectivity index (χ3n) is 7.20. The molecule has 1 fully saturated rings. The van der Waals surface area contributed by atoms with Crippen molar-refractivity contribution in [3.8, 4) is 22.3 Å². The number of pyridine rings is 1. The van der Waals surface area contributed by atoms with Gasteiger partial charge in [-0.1, -0.05) is 56.3 Å². The van der Waals surface area contributed by atoms with Gasteiger partial charge >= 0.3 is 7.12 Å². The first-order valence-corrected chi connectivity index (χ1v) is 10.7. The molecule has 5 rings (SSSR count). The fraction of sp³-hybridized carbons (Fsp3) is 0.346. The molecule has 1 aliphatic carbocycles. The van der Waals surface area contributed by atoms with E-state index in [9.17, 15) is 0 Å². The smallest absolute Gasteiger partial charge is 0.398 e. The van der Waals surface area contributed by atoms with Crippen LogP contribution in [0.5, 0.6) is 0 Å². The van der Waals surface area contributed by atoms with Gasteiger partial charge in [-0.3, -0.25) is 4.98 Å². The van der Waals surface area contributed by atoms with Crippen LogP contribution in [0, 0.1) is 0 Å². The molecule has 2 aromatic carbocycles. The number of hydrogen-bond acceptors (Lipinski definition) is 3. The van der Waals surface area contributed by atoms with E-state index in [0.717, 1.165) is 11.2 Å². The van der Waals surface area contributed by atoms with E-state index in [2.05, 4.69) is 95.1 Å². The topological polar surface area (TPSA) is 31.4 Å². The van der Waals surface area contributed by atoms with Crippen molar-refractivity contribution < 1.29 is 9.31 Å². The molecule has 0 amide bonds. The molecule has 0 N–H and O–H groups in total. The van der Waals surface area contributed by atoms with Crippen LogP contribution in [0.15, 0.2) is 60.8 Å². The second-order valence-corrected chi connectivity index (χ2v) is 9.99. The van der Waals surface area contributed by atoms with E-state index >= 15 is 0 Å². The van der Waals surface area contributed by atoms with Crippen molar-refractivity contribution in [1.82, 2.24) is 4.98 Å². The Morgan fingerprint density at radius 3 is 2.00 bits per heavy atom. The first-order valence-electron chi connectivity index (χ1n) is 10.7. The van der Waals surface area contributed by atoms with Crippen LogP contribution in [-0.2, 0) is 14.7 Å². The summed E-state index contributed by atoms with van der Waals surface area (Å²) in [4.78, 5) is 4.69. The van der Waals surface area contributed by atoms with Gasteiger partial charge in [0.05, 0.1) is 16.8 Å². The summed E-state index contributed by atoms with van der Waals surface area (Å²) in [7, 11) is -0.433. The van der Waals surface area contributed by atoms with E-state index in [1.165, 1.54) is 27.8 Å². The van der Waals surface area contributed by atoms with E-state index < -0.39 is 7.12 Å². The molecule has 3 aromatic rings. The summed E-state index contributed by atoms with van der Waals surface area (Å²) in [5.74, 6) is 0. The Bertz CT molecular complexity index is 1120. The minimum Gasteiger partial charge on any atom is -0.398 e. The van der Waals surface area contributed by atoms with Crippen LogP contribution < -0.4 is 5.59 Å². The van der Waals surface area contributed by atoms with E-state index in [0.29, 0.717) is 0 Å². The van der Waals surface area contributed by atoms with Crippen LogP contribution in [-0.4, -0.2) is 23.3 Å². The average molecular weight is 397 g/mol. The Hall–Kier alpha value is -2.43. The van der Waals surface area contributed by atoms with Crippen LogP contribution in [0.25, 0.3) is 22.3 Å². The fourth-order valence-corrected chi connectivity index (χ4v) is 4.56. The van der Waals surface area contributed by atoms with Crippen LogP contribution in [0.1, 0.15) is 52.7 Å². The normalized spacial score (nSPS) is 20.1. The van der Waals surface area contributed by atoms with Crippen molar-refractivity contribution in [2.75, 3.05) is 0 Å². The van der Waals surface area contributed by atoms with Crippen molar-refractivity contribution in [3.63, 3.8) is 0 Å². The highest BCUT2D eigenvalue weighted by Crippen LogP contribution is 2.49. The molecule has 1 saturated heterocycles. The molecule has 0 radical (unpaired) electrons. The van der Waals surface area contributed by atoms with Gasteiger partial charge in [-0.05, 0) is 73.2 Å². The van der Waals surface area contributed by atoms with Gasteiger partial charge in [-0.2, -0.15) is 0 Å². The summed E-state index contributed by atoms with van der Waals surface area (Å²) in [6.45, 7) is 12.9. The zero-order valence-corrected chi connectivity index (χ0v) is 18.6.